The fraction of sp³-hybridized carbons (Fsp3) is 0.308. The number of hydrogen-bond acceptors (Lipinski definition) is 6. The normalized spacial score (nSPS) is 11.5. The van der Waals surface area contributed by atoms with Crippen molar-refractivity contribution >= 4 is 34.7 Å². The Balaban J connectivity index is 1.61. The van der Waals surface area contributed by atoms with Crippen LogP contribution in [0.25, 0.3) is 10.8 Å². The number of amides is 3. The van der Waals surface area contributed by atoms with Crippen LogP contribution in [0.4, 0.5) is 24.2 Å². The van der Waals surface area contributed by atoms with Crippen LogP contribution in [0.15, 0.2) is 48.7 Å². The number of carbonyl (C=O) groups is 3. The molecule has 11 heteroatoms. The molecular formula is C26H28F2N4O5. The number of esters is 1. The molecule has 0 unspecified atom stereocenters. The van der Waals surface area contributed by atoms with Gasteiger partial charge in [0.1, 0.15) is 24.1 Å². The molecule has 3 aromatic rings. The first-order valence-electron chi connectivity index (χ1n) is 11.5. The third kappa shape index (κ3) is 7.60. The lowest BCUT2D eigenvalue weighted by Gasteiger charge is -2.28. The summed E-state index contributed by atoms with van der Waals surface area (Å²) in [6.07, 6.45) is 0.804. The number of benzene rings is 2. The van der Waals surface area contributed by atoms with Gasteiger partial charge in [-0.3, -0.25) is 10.1 Å². The van der Waals surface area contributed by atoms with Gasteiger partial charge in [0.25, 0.3) is 0 Å². The van der Waals surface area contributed by atoms with Gasteiger partial charge in [-0.1, -0.05) is 12.1 Å². The fourth-order valence-corrected chi connectivity index (χ4v) is 3.57. The van der Waals surface area contributed by atoms with Gasteiger partial charge in [0.2, 0.25) is 0 Å². The Labute approximate surface area is 212 Å². The number of rotatable bonds is 9. The number of methoxy groups -OCH3 is 1. The molecule has 1 atom stereocenters. The van der Waals surface area contributed by atoms with Crippen LogP contribution < -0.4 is 10.6 Å². The molecule has 37 heavy (non-hydrogen) atoms. The Morgan fingerprint density at radius 2 is 1.89 bits per heavy atom. The molecule has 3 amide bonds. The number of fused-ring (bicyclic) bond motifs is 1. The van der Waals surface area contributed by atoms with E-state index < -0.39 is 30.0 Å². The Bertz CT molecular complexity index is 1290. The molecule has 2 aromatic carbocycles. The van der Waals surface area contributed by atoms with Crippen molar-refractivity contribution in [2.24, 2.45) is 0 Å². The molecule has 1 heterocycles. The lowest BCUT2D eigenvalue weighted by Crippen LogP contribution is -2.46. The van der Waals surface area contributed by atoms with E-state index in [0.29, 0.717) is 21.9 Å². The molecule has 0 saturated carbocycles. The number of urea groups is 1. The summed E-state index contributed by atoms with van der Waals surface area (Å²) in [6.45, 7) is 1.48. The van der Waals surface area contributed by atoms with E-state index in [0.717, 1.165) is 0 Å². The lowest BCUT2D eigenvalue weighted by atomic mass is 10.1. The first kappa shape index (κ1) is 27.3. The molecule has 0 aliphatic rings. The Hall–Kier alpha value is -4.28. The number of nitrogens with zero attached hydrogens (tertiary/aromatic N) is 2. The second kappa shape index (κ2) is 12.6. The summed E-state index contributed by atoms with van der Waals surface area (Å²) in [5.41, 5.74) is 1.05. The van der Waals surface area contributed by atoms with Gasteiger partial charge in [-0.25, -0.2) is 23.4 Å². The van der Waals surface area contributed by atoms with Crippen molar-refractivity contribution in [1.82, 2.24) is 15.2 Å². The first-order valence-corrected chi connectivity index (χ1v) is 11.5. The summed E-state index contributed by atoms with van der Waals surface area (Å²) in [7, 11) is 2.75. The summed E-state index contributed by atoms with van der Waals surface area (Å²) < 4.78 is 37.3. The third-order valence-electron chi connectivity index (χ3n) is 5.91. The number of carbonyl (C=O) groups excluding carboxylic acids is 3. The molecule has 0 aliphatic carbocycles. The zero-order chi connectivity index (χ0) is 26.9. The van der Waals surface area contributed by atoms with E-state index in [-0.39, 0.29) is 37.6 Å². The van der Waals surface area contributed by atoms with Crippen LogP contribution in [-0.2, 0) is 20.8 Å². The Morgan fingerprint density at radius 1 is 1.11 bits per heavy atom. The first-order chi connectivity index (χ1) is 17.7. The van der Waals surface area contributed by atoms with Crippen molar-refractivity contribution in [3.63, 3.8) is 0 Å². The van der Waals surface area contributed by atoms with Crippen LogP contribution in [0, 0.1) is 18.6 Å². The Morgan fingerprint density at radius 3 is 2.65 bits per heavy atom. The molecule has 0 fully saturated rings. The minimum Gasteiger partial charge on any atom is -0.469 e. The van der Waals surface area contributed by atoms with Crippen molar-refractivity contribution in [3.8, 4) is 0 Å². The lowest BCUT2D eigenvalue weighted by molar-refractivity contribution is -0.141. The van der Waals surface area contributed by atoms with Gasteiger partial charge in [-0.15, -0.1) is 0 Å². The minimum atomic E-state index is -0.837. The molecule has 0 bridgehead atoms. The van der Waals surface area contributed by atoms with Crippen molar-refractivity contribution in [2.45, 2.75) is 32.4 Å². The van der Waals surface area contributed by atoms with Gasteiger partial charge >= 0.3 is 18.1 Å². The quantitative estimate of drug-likeness (QED) is 0.406. The summed E-state index contributed by atoms with van der Waals surface area (Å²) in [4.78, 5) is 42.2. The van der Waals surface area contributed by atoms with E-state index in [1.165, 1.54) is 49.5 Å². The highest BCUT2D eigenvalue weighted by Gasteiger charge is 2.23. The number of aromatic nitrogens is 1. The number of anilines is 1. The minimum absolute atomic E-state index is 0.00936. The number of hydrogen-bond donors (Lipinski definition) is 2. The van der Waals surface area contributed by atoms with Gasteiger partial charge in [-0.05, 0) is 60.2 Å². The average molecular weight is 515 g/mol. The van der Waals surface area contributed by atoms with Crippen LogP contribution in [-0.4, -0.2) is 54.8 Å². The topological polar surface area (TPSA) is 110 Å². The van der Waals surface area contributed by atoms with Crippen molar-refractivity contribution < 1.29 is 32.6 Å². The van der Waals surface area contributed by atoms with Crippen molar-refractivity contribution in [3.05, 3.63) is 71.4 Å². The SMILES string of the molecule is COC(=O)CC[C@@H](COC(=O)Nc1cc2cc(F)ccc2cn1)N(C)C(=O)NCc1cccc(F)c1C. The largest absolute Gasteiger partial charge is 0.469 e. The van der Waals surface area contributed by atoms with E-state index in [1.807, 2.05) is 0 Å². The molecule has 0 aliphatic heterocycles. The van der Waals surface area contributed by atoms with Crippen LogP contribution in [0.2, 0.25) is 0 Å². The number of ether oxygens (including phenoxy) is 2. The number of pyridine rings is 1. The average Bonchev–Trinajstić information content (AvgIpc) is 2.88. The van der Waals surface area contributed by atoms with E-state index in [9.17, 15) is 23.2 Å². The number of nitrogens with one attached hydrogen (secondary N) is 2. The predicted molar refractivity (Wildman–Crippen MR) is 133 cm³/mol. The van der Waals surface area contributed by atoms with E-state index in [2.05, 4.69) is 20.4 Å². The molecule has 1 aromatic heterocycles. The van der Waals surface area contributed by atoms with Crippen LogP contribution in [0.1, 0.15) is 24.0 Å². The molecule has 196 valence electrons. The highest BCUT2D eigenvalue weighted by molar-refractivity contribution is 5.89. The van der Waals surface area contributed by atoms with Gasteiger partial charge in [0, 0.05) is 31.6 Å². The second-order valence-electron chi connectivity index (χ2n) is 8.35. The van der Waals surface area contributed by atoms with Crippen molar-refractivity contribution in [1.29, 1.82) is 0 Å². The molecule has 3 rings (SSSR count). The maximum Gasteiger partial charge on any atom is 0.412 e. The van der Waals surface area contributed by atoms with Gasteiger partial charge in [-0.2, -0.15) is 0 Å². The number of likely N-dealkylation sites (N-methyl/N-ethyl adjacent to an activating group) is 1. The number of halogens is 2. The van der Waals surface area contributed by atoms with Crippen molar-refractivity contribution in [2.75, 3.05) is 26.1 Å². The zero-order valence-corrected chi connectivity index (χ0v) is 20.7. The third-order valence-corrected chi connectivity index (χ3v) is 5.91. The van der Waals surface area contributed by atoms with E-state index in [1.54, 1.807) is 25.1 Å². The molecule has 0 radical (unpaired) electrons. The Kier molecular flexibility index (Phi) is 9.31. The molecule has 2 N–H and O–H groups in total. The fourth-order valence-electron chi connectivity index (χ4n) is 3.57. The molecular weight excluding hydrogens is 486 g/mol. The summed E-state index contributed by atoms with van der Waals surface area (Å²) in [5.74, 6) is -1.12. The smallest absolute Gasteiger partial charge is 0.412 e. The maximum atomic E-state index is 13.8. The molecule has 0 spiro atoms. The monoisotopic (exact) mass is 514 g/mol. The summed E-state index contributed by atoms with van der Waals surface area (Å²) in [5, 5.41) is 6.42. The maximum absolute atomic E-state index is 13.8. The van der Waals surface area contributed by atoms with Crippen LogP contribution >= 0.6 is 0 Å². The van der Waals surface area contributed by atoms with Gasteiger partial charge < -0.3 is 19.7 Å². The van der Waals surface area contributed by atoms with Gasteiger partial charge in [0.05, 0.1) is 13.2 Å². The zero-order valence-electron chi connectivity index (χ0n) is 20.7. The predicted octanol–water partition coefficient (Wildman–Crippen LogP) is 4.53. The second-order valence-corrected chi connectivity index (χ2v) is 8.35. The highest BCUT2D eigenvalue weighted by atomic mass is 19.1. The summed E-state index contributed by atoms with van der Waals surface area (Å²) in [6, 6.07) is 9.13. The van der Waals surface area contributed by atoms with Gasteiger partial charge in [0.15, 0.2) is 0 Å². The standard InChI is InChI=1S/C26H28F2N4O5/c1-16-17(5-4-6-22(16)28)13-30-25(34)32(2)21(9-10-24(33)36-3)15-37-26(35)31-23-12-19-11-20(27)8-7-18(19)14-29-23/h4-8,11-12,14,21H,9-10,13,15H2,1-3H3,(H,30,34)(H,29,31,35)/t21-/m0/s1. The highest BCUT2D eigenvalue weighted by Crippen LogP contribution is 2.18. The van der Waals surface area contributed by atoms with Crippen LogP contribution in [0.3, 0.4) is 0 Å². The van der Waals surface area contributed by atoms with E-state index in [4.69, 9.17) is 4.74 Å². The molecule has 9 nitrogen and oxygen atoms in total. The summed E-state index contributed by atoms with van der Waals surface area (Å²) >= 11 is 0. The van der Waals surface area contributed by atoms with Crippen LogP contribution in [0.5, 0.6) is 0 Å². The van der Waals surface area contributed by atoms with E-state index >= 15 is 0 Å². The molecule has 0 saturated heterocycles.